The standard InChI is InChI=1S/C17H26N4O5S/c1-3-21-8-4-5-12(21)11-19-17(23)14-9-13(6-7-15(14)26-2)27(24,25)20-16(22)10-18/h6-7,9,12H,3-5,8,10-11,18H2,1-2H3,(H,19,23)(H,20,22). The van der Waals surface area contributed by atoms with Gasteiger partial charge in [0, 0.05) is 12.6 Å². The van der Waals surface area contributed by atoms with Crippen LogP contribution in [-0.2, 0) is 14.8 Å². The molecule has 0 saturated carbocycles. The molecule has 0 aromatic heterocycles. The van der Waals surface area contributed by atoms with Gasteiger partial charge >= 0.3 is 0 Å². The van der Waals surface area contributed by atoms with Crippen LogP contribution in [0.15, 0.2) is 23.1 Å². The highest BCUT2D eigenvalue weighted by atomic mass is 32.2. The molecule has 1 saturated heterocycles. The van der Waals surface area contributed by atoms with Gasteiger partial charge in [-0.25, -0.2) is 13.1 Å². The van der Waals surface area contributed by atoms with E-state index in [9.17, 15) is 18.0 Å². The van der Waals surface area contributed by atoms with Crippen molar-refractivity contribution in [3.63, 3.8) is 0 Å². The number of hydrogen-bond acceptors (Lipinski definition) is 7. The van der Waals surface area contributed by atoms with Crippen LogP contribution in [0.25, 0.3) is 0 Å². The lowest BCUT2D eigenvalue weighted by Crippen LogP contribution is -2.40. The van der Waals surface area contributed by atoms with Gasteiger partial charge in [-0.15, -0.1) is 0 Å². The van der Waals surface area contributed by atoms with Crippen LogP contribution in [0.4, 0.5) is 0 Å². The number of likely N-dealkylation sites (tertiary alicyclic amines) is 1. The largest absolute Gasteiger partial charge is 0.496 e. The van der Waals surface area contributed by atoms with E-state index in [4.69, 9.17) is 10.5 Å². The first-order chi connectivity index (χ1) is 12.8. The molecule has 0 bridgehead atoms. The molecule has 4 N–H and O–H groups in total. The minimum Gasteiger partial charge on any atom is -0.496 e. The highest BCUT2D eigenvalue weighted by molar-refractivity contribution is 7.90. The first-order valence-corrected chi connectivity index (χ1v) is 10.3. The van der Waals surface area contributed by atoms with Crippen LogP contribution in [0.5, 0.6) is 5.75 Å². The fourth-order valence-corrected chi connectivity index (χ4v) is 4.15. The molecule has 27 heavy (non-hydrogen) atoms. The third-order valence-corrected chi connectivity index (χ3v) is 5.93. The van der Waals surface area contributed by atoms with Gasteiger partial charge in [0.1, 0.15) is 5.75 Å². The third kappa shape index (κ3) is 5.18. The average molecular weight is 398 g/mol. The Hall–Kier alpha value is -2.17. The molecule has 0 aliphatic carbocycles. The summed E-state index contributed by atoms with van der Waals surface area (Å²) in [6, 6.07) is 4.09. The SMILES string of the molecule is CCN1CCCC1CNC(=O)c1cc(S(=O)(=O)NC(=O)CN)ccc1OC. The van der Waals surface area contributed by atoms with Crippen molar-refractivity contribution in [3.05, 3.63) is 23.8 Å². The Balaban J connectivity index is 2.19. The van der Waals surface area contributed by atoms with Gasteiger partial charge in [0.25, 0.3) is 15.9 Å². The summed E-state index contributed by atoms with van der Waals surface area (Å²) in [5.41, 5.74) is 5.22. The molecule has 150 valence electrons. The van der Waals surface area contributed by atoms with Crippen molar-refractivity contribution in [1.82, 2.24) is 14.9 Å². The number of nitrogens with zero attached hydrogens (tertiary/aromatic N) is 1. The third-order valence-electron chi connectivity index (χ3n) is 4.56. The van der Waals surface area contributed by atoms with Crippen molar-refractivity contribution in [1.29, 1.82) is 0 Å². The number of ether oxygens (including phenoxy) is 1. The summed E-state index contributed by atoms with van der Waals surface area (Å²) >= 11 is 0. The van der Waals surface area contributed by atoms with E-state index in [2.05, 4.69) is 17.1 Å². The number of nitrogens with one attached hydrogen (secondary N) is 2. The smallest absolute Gasteiger partial charge is 0.264 e. The van der Waals surface area contributed by atoms with Crippen molar-refractivity contribution >= 4 is 21.8 Å². The maximum Gasteiger partial charge on any atom is 0.264 e. The van der Waals surface area contributed by atoms with Crippen molar-refractivity contribution in [3.8, 4) is 5.75 Å². The lowest BCUT2D eigenvalue weighted by atomic mass is 10.1. The monoisotopic (exact) mass is 398 g/mol. The molecule has 1 aliphatic heterocycles. The Morgan fingerprint density at radius 2 is 2.11 bits per heavy atom. The predicted molar refractivity (Wildman–Crippen MR) is 100.0 cm³/mol. The molecular formula is C17H26N4O5S. The highest BCUT2D eigenvalue weighted by Crippen LogP contribution is 2.23. The molecule has 1 atom stereocenters. The maximum absolute atomic E-state index is 12.6. The number of rotatable bonds is 8. The molecule has 1 aromatic rings. The Morgan fingerprint density at radius 1 is 1.37 bits per heavy atom. The lowest BCUT2D eigenvalue weighted by Gasteiger charge is -2.23. The van der Waals surface area contributed by atoms with Gasteiger partial charge in [-0.3, -0.25) is 14.5 Å². The van der Waals surface area contributed by atoms with Crippen LogP contribution in [0.3, 0.4) is 0 Å². The van der Waals surface area contributed by atoms with Crippen molar-refractivity contribution in [2.45, 2.75) is 30.7 Å². The zero-order valence-corrected chi connectivity index (χ0v) is 16.3. The van der Waals surface area contributed by atoms with E-state index in [1.165, 1.54) is 25.3 Å². The minimum atomic E-state index is -4.12. The van der Waals surface area contributed by atoms with Gasteiger partial charge in [-0.2, -0.15) is 0 Å². The molecule has 10 heteroatoms. The molecule has 9 nitrogen and oxygen atoms in total. The fraction of sp³-hybridized carbons (Fsp3) is 0.529. The van der Waals surface area contributed by atoms with Gasteiger partial charge < -0.3 is 15.8 Å². The van der Waals surface area contributed by atoms with E-state index in [0.717, 1.165) is 25.9 Å². The number of benzene rings is 1. The van der Waals surface area contributed by atoms with Gasteiger partial charge in [-0.1, -0.05) is 6.92 Å². The molecule has 1 aromatic carbocycles. The van der Waals surface area contributed by atoms with Crippen LogP contribution in [0.1, 0.15) is 30.1 Å². The molecule has 2 rings (SSSR count). The molecule has 1 aliphatic rings. The van der Waals surface area contributed by atoms with Crippen LogP contribution >= 0.6 is 0 Å². The summed E-state index contributed by atoms with van der Waals surface area (Å²) in [5, 5.41) is 2.85. The van der Waals surface area contributed by atoms with Gasteiger partial charge in [-0.05, 0) is 44.1 Å². The van der Waals surface area contributed by atoms with Gasteiger partial charge in [0.15, 0.2) is 0 Å². The Bertz CT molecular complexity index is 797. The number of sulfonamides is 1. The second-order valence-corrected chi connectivity index (χ2v) is 7.91. The van der Waals surface area contributed by atoms with E-state index in [0.29, 0.717) is 6.54 Å². The summed E-state index contributed by atoms with van der Waals surface area (Å²) in [6.45, 7) is 4.01. The minimum absolute atomic E-state index is 0.0848. The number of carbonyl (C=O) groups excluding carboxylic acids is 2. The summed E-state index contributed by atoms with van der Waals surface area (Å²) in [5.74, 6) is -1.02. The van der Waals surface area contributed by atoms with Gasteiger partial charge in [0.2, 0.25) is 5.91 Å². The predicted octanol–water partition coefficient (Wildman–Crippen LogP) is -0.327. The zero-order valence-electron chi connectivity index (χ0n) is 15.5. The number of likely N-dealkylation sites (N-methyl/N-ethyl adjacent to an activating group) is 1. The van der Waals surface area contributed by atoms with Gasteiger partial charge in [0.05, 0.1) is 24.1 Å². The second-order valence-electron chi connectivity index (χ2n) is 6.23. The number of amides is 2. The molecular weight excluding hydrogens is 372 g/mol. The topological polar surface area (TPSA) is 131 Å². The summed E-state index contributed by atoms with van der Waals surface area (Å²) in [4.78, 5) is 26.0. The number of hydrogen-bond donors (Lipinski definition) is 3. The van der Waals surface area contributed by atoms with E-state index < -0.39 is 28.4 Å². The summed E-state index contributed by atoms with van der Waals surface area (Å²) in [7, 11) is -2.72. The van der Waals surface area contributed by atoms with Crippen molar-refractivity contribution < 1.29 is 22.7 Å². The molecule has 1 fully saturated rings. The van der Waals surface area contributed by atoms with Crippen LogP contribution in [0.2, 0.25) is 0 Å². The highest BCUT2D eigenvalue weighted by Gasteiger charge is 2.25. The molecule has 0 radical (unpaired) electrons. The molecule has 1 heterocycles. The fourth-order valence-electron chi connectivity index (χ4n) is 3.13. The van der Waals surface area contributed by atoms with Crippen LogP contribution in [-0.4, -0.2) is 64.5 Å². The zero-order chi connectivity index (χ0) is 20.0. The normalized spacial score (nSPS) is 17.5. The van der Waals surface area contributed by atoms with E-state index in [1.54, 1.807) is 0 Å². The molecule has 1 unspecified atom stereocenters. The first kappa shape index (κ1) is 21.1. The second kappa shape index (κ2) is 9.16. The summed E-state index contributed by atoms with van der Waals surface area (Å²) < 4.78 is 31.5. The van der Waals surface area contributed by atoms with Crippen LogP contribution < -0.4 is 20.5 Å². The van der Waals surface area contributed by atoms with Crippen molar-refractivity contribution in [2.75, 3.05) is 33.3 Å². The Kier molecular flexibility index (Phi) is 7.17. The summed E-state index contributed by atoms with van der Waals surface area (Å²) in [6.07, 6.45) is 2.09. The number of nitrogens with two attached hydrogens (primary N) is 1. The molecule has 0 spiro atoms. The Labute approximate surface area is 159 Å². The van der Waals surface area contributed by atoms with E-state index in [-0.39, 0.29) is 22.3 Å². The van der Waals surface area contributed by atoms with Crippen LogP contribution in [0, 0.1) is 0 Å². The van der Waals surface area contributed by atoms with Crippen molar-refractivity contribution in [2.24, 2.45) is 5.73 Å². The van der Waals surface area contributed by atoms with E-state index >= 15 is 0 Å². The number of carbonyl (C=O) groups is 2. The lowest BCUT2D eigenvalue weighted by molar-refractivity contribution is -0.118. The first-order valence-electron chi connectivity index (χ1n) is 8.78. The number of methoxy groups -OCH3 is 1. The van der Waals surface area contributed by atoms with E-state index in [1.807, 2.05) is 4.72 Å². The quantitative estimate of drug-likeness (QED) is 0.547. The maximum atomic E-state index is 12.6. The average Bonchev–Trinajstić information content (AvgIpc) is 3.12. The molecule has 2 amide bonds. The Morgan fingerprint density at radius 3 is 2.74 bits per heavy atom.